The summed E-state index contributed by atoms with van der Waals surface area (Å²) in [6.07, 6.45) is 0. The van der Waals surface area contributed by atoms with Gasteiger partial charge in [-0.2, -0.15) is 0 Å². The van der Waals surface area contributed by atoms with Crippen LogP contribution in [0.1, 0.15) is 12.5 Å². The van der Waals surface area contributed by atoms with Crippen LogP contribution in [0.25, 0.3) is 10.9 Å². The molecular formula is C16H21N5. The van der Waals surface area contributed by atoms with Crippen LogP contribution in [0, 0.1) is 5.41 Å². The number of aromatic nitrogens is 1. The van der Waals surface area contributed by atoms with Gasteiger partial charge in [0.15, 0.2) is 0 Å². The summed E-state index contributed by atoms with van der Waals surface area (Å²) in [6, 6.07) is 10.3. The van der Waals surface area contributed by atoms with Gasteiger partial charge in [-0.3, -0.25) is 5.41 Å². The maximum Gasteiger partial charge on any atom is 0.130 e. The van der Waals surface area contributed by atoms with E-state index in [0.717, 1.165) is 41.9 Å². The molecular weight excluding hydrogens is 262 g/mol. The lowest BCUT2D eigenvalue weighted by atomic mass is 10.1. The molecule has 1 saturated heterocycles. The highest BCUT2D eigenvalue weighted by atomic mass is 15.3. The maximum atomic E-state index is 7.82. The van der Waals surface area contributed by atoms with Crippen LogP contribution in [0.3, 0.4) is 0 Å². The van der Waals surface area contributed by atoms with Crippen molar-refractivity contribution in [3.8, 4) is 0 Å². The van der Waals surface area contributed by atoms with Crippen molar-refractivity contribution in [3.63, 3.8) is 0 Å². The van der Waals surface area contributed by atoms with Crippen molar-refractivity contribution in [2.75, 3.05) is 31.6 Å². The number of anilines is 1. The first-order chi connectivity index (χ1) is 10.1. The molecule has 0 saturated carbocycles. The molecule has 5 nitrogen and oxygen atoms in total. The van der Waals surface area contributed by atoms with Crippen LogP contribution in [-0.4, -0.2) is 48.4 Å². The van der Waals surface area contributed by atoms with Crippen LogP contribution in [0.5, 0.6) is 0 Å². The molecule has 1 fully saturated rings. The normalized spacial score (nSPS) is 19.9. The molecule has 1 aliphatic heterocycles. The Morgan fingerprint density at radius 2 is 2.10 bits per heavy atom. The number of amidine groups is 1. The highest BCUT2D eigenvalue weighted by Crippen LogP contribution is 2.24. The molecule has 1 atom stereocenters. The molecule has 110 valence electrons. The number of hydrogen-bond donors (Lipinski definition) is 2. The number of pyridine rings is 1. The number of nitrogen functional groups attached to an aromatic ring is 1. The van der Waals surface area contributed by atoms with Crippen molar-refractivity contribution in [2.45, 2.75) is 13.0 Å². The second-order valence-electron chi connectivity index (χ2n) is 5.73. The molecule has 2 heterocycles. The first kappa shape index (κ1) is 13.8. The number of benzene rings is 1. The number of piperazine rings is 1. The highest BCUT2D eigenvalue weighted by molar-refractivity contribution is 6.07. The third kappa shape index (κ3) is 2.56. The Bertz CT molecular complexity index is 681. The number of nitrogens with two attached hydrogens (primary N) is 1. The Kier molecular flexibility index (Phi) is 3.51. The van der Waals surface area contributed by atoms with Gasteiger partial charge in [-0.15, -0.1) is 0 Å². The summed E-state index contributed by atoms with van der Waals surface area (Å²) in [4.78, 5) is 9.39. The molecule has 1 aromatic carbocycles. The third-order valence-corrected chi connectivity index (χ3v) is 4.28. The van der Waals surface area contributed by atoms with Crippen molar-refractivity contribution in [1.82, 2.24) is 9.88 Å². The SMILES string of the molecule is CC1CN(c2cc(C(=N)N)c3ccccc3n2)CCN1C. The molecule has 3 rings (SSSR count). The van der Waals surface area contributed by atoms with Crippen LogP contribution in [0.2, 0.25) is 0 Å². The average molecular weight is 283 g/mol. The molecule has 1 unspecified atom stereocenters. The Hall–Kier alpha value is -2.14. The van der Waals surface area contributed by atoms with Crippen molar-refractivity contribution < 1.29 is 0 Å². The molecule has 21 heavy (non-hydrogen) atoms. The fourth-order valence-corrected chi connectivity index (χ4v) is 2.80. The predicted molar refractivity (Wildman–Crippen MR) is 87.1 cm³/mol. The van der Waals surface area contributed by atoms with E-state index in [0.29, 0.717) is 6.04 Å². The molecule has 0 bridgehead atoms. The summed E-state index contributed by atoms with van der Waals surface area (Å²) >= 11 is 0. The first-order valence-electron chi connectivity index (χ1n) is 7.25. The minimum atomic E-state index is 0.0945. The zero-order valence-electron chi connectivity index (χ0n) is 12.5. The van der Waals surface area contributed by atoms with Crippen LogP contribution in [0.15, 0.2) is 30.3 Å². The van der Waals surface area contributed by atoms with Gasteiger partial charge in [-0.05, 0) is 26.1 Å². The molecule has 5 heteroatoms. The van der Waals surface area contributed by atoms with Gasteiger partial charge in [-0.25, -0.2) is 4.98 Å². The van der Waals surface area contributed by atoms with Gasteiger partial charge in [-0.1, -0.05) is 18.2 Å². The van der Waals surface area contributed by atoms with Crippen LogP contribution < -0.4 is 10.6 Å². The largest absolute Gasteiger partial charge is 0.384 e. The molecule has 1 aromatic heterocycles. The topological polar surface area (TPSA) is 69.2 Å². The highest BCUT2D eigenvalue weighted by Gasteiger charge is 2.22. The molecule has 2 aromatic rings. The van der Waals surface area contributed by atoms with Gasteiger partial charge < -0.3 is 15.5 Å². The lowest BCUT2D eigenvalue weighted by Crippen LogP contribution is -2.50. The number of likely N-dealkylation sites (N-methyl/N-ethyl adjacent to an activating group) is 1. The number of nitrogens with zero attached hydrogens (tertiary/aromatic N) is 3. The van der Waals surface area contributed by atoms with E-state index in [2.05, 4.69) is 23.8 Å². The third-order valence-electron chi connectivity index (χ3n) is 4.28. The van der Waals surface area contributed by atoms with Crippen molar-refractivity contribution >= 4 is 22.6 Å². The lowest BCUT2D eigenvalue weighted by Gasteiger charge is -2.38. The number of hydrogen-bond acceptors (Lipinski definition) is 4. The van der Waals surface area contributed by atoms with E-state index in [1.54, 1.807) is 0 Å². The second kappa shape index (κ2) is 5.33. The summed E-state index contributed by atoms with van der Waals surface area (Å²) in [7, 11) is 2.15. The van der Waals surface area contributed by atoms with E-state index in [4.69, 9.17) is 16.1 Å². The first-order valence-corrected chi connectivity index (χ1v) is 7.25. The smallest absolute Gasteiger partial charge is 0.130 e. The zero-order valence-corrected chi connectivity index (χ0v) is 12.5. The Balaban J connectivity index is 2.05. The van der Waals surface area contributed by atoms with Gasteiger partial charge in [0, 0.05) is 36.6 Å². The van der Waals surface area contributed by atoms with Gasteiger partial charge in [0.05, 0.1) is 5.52 Å². The van der Waals surface area contributed by atoms with Crippen LogP contribution >= 0.6 is 0 Å². The summed E-state index contributed by atoms with van der Waals surface area (Å²) in [5, 5.41) is 8.76. The monoisotopic (exact) mass is 283 g/mol. The molecule has 0 spiro atoms. The standard InChI is InChI=1S/C16H21N5/c1-11-10-21(8-7-20(11)2)15-9-13(16(17)18)12-5-3-4-6-14(12)19-15/h3-6,9,11H,7-8,10H2,1-2H3,(H3,17,18). The van der Waals surface area contributed by atoms with E-state index in [1.807, 2.05) is 30.3 Å². The van der Waals surface area contributed by atoms with Gasteiger partial charge in [0.2, 0.25) is 0 Å². The summed E-state index contributed by atoms with van der Waals surface area (Å²) < 4.78 is 0. The van der Waals surface area contributed by atoms with Crippen LogP contribution in [0.4, 0.5) is 5.82 Å². The van der Waals surface area contributed by atoms with E-state index in [9.17, 15) is 0 Å². The second-order valence-corrected chi connectivity index (χ2v) is 5.73. The summed E-state index contributed by atoms with van der Waals surface area (Å²) in [6.45, 7) is 5.13. The predicted octanol–water partition coefficient (Wildman–Crippen LogP) is 1.66. The van der Waals surface area contributed by atoms with Crippen molar-refractivity contribution in [3.05, 3.63) is 35.9 Å². The maximum absolute atomic E-state index is 7.82. The molecule has 0 radical (unpaired) electrons. The fourth-order valence-electron chi connectivity index (χ4n) is 2.80. The summed E-state index contributed by atoms with van der Waals surface area (Å²) in [5.41, 5.74) is 7.42. The quantitative estimate of drug-likeness (QED) is 0.649. The molecule has 3 N–H and O–H groups in total. The number of para-hydroxylation sites is 1. The van der Waals surface area contributed by atoms with Gasteiger partial charge in [0.1, 0.15) is 11.7 Å². The molecule has 0 amide bonds. The Labute approximate surface area is 124 Å². The van der Waals surface area contributed by atoms with E-state index in [-0.39, 0.29) is 5.84 Å². The van der Waals surface area contributed by atoms with Gasteiger partial charge in [0.25, 0.3) is 0 Å². The molecule has 0 aliphatic carbocycles. The fraction of sp³-hybridized carbons (Fsp3) is 0.375. The number of fused-ring (bicyclic) bond motifs is 1. The van der Waals surface area contributed by atoms with E-state index < -0.39 is 0 Å². The van der Waals surface area contributed by atoms with Crippen molar-refractivity contribution in [1.29, 1.82) is 5.41 Å². The lowest BCUT2D eigenvalue weighted by molar-refractivity contribution is 0.233. The minimum absolute atomic E-state index is 0.0945. The zero-order chi connectivity index (χ0) is 15.0. The van der Waals surface area contributed by atoms with E-state index in [1.165, 1.54) is 0 Å². The minimum Gasteiger partial charge on any atom is -0.384 e. The average Bonchev–Trinajstić information content (AvgIpc) is 2.48. The van der Waals surface area contributed by atoms with Gasteiger partial charge >= 0.3 is 0 Å². The number of nitrogens with one attached hydrogen (secondary N) is 1. The summed E-state index contributed by atoms with van der Waals surface area (Å²) in [5.74, 6) is 1.01. The molecule has 1 aliphatic rings. The van der Waals surface area contributed by atoms with Crippen LogP contribution in [-0.2, 0) is 0 Å². The Morgan fingerprint density at radius 1 is 1.33 bits per heavy atom. The van der Waals surface area contributed by atoms with E-state index >= 15 is 0 Å². The van der Waals surface area contributed by atoms with Crippen molar-refractivity contribution in [2.24, 2.45) is 5.73 Å². The Morgan fingerprint density at radius 3 is 2.81 bits per heavy atom. The number of rotatable bonds is 2.